The third-order valence-electron chi connectivity index (χ3n) is 1.24. The van der Waals surface area contributed by atoms with Crippen LogP contribution in [0.1, 0.15) is 32.6 Å². The van der Waals surface area contributed by atoms with Crippen LogP contribution in [0.15, 0.2) is 12.7 Å². The number of rotatable bonds is 5. The van der Waals surface area contributed by atoms with Gasteiger partial charge in [0.15, 0.2) is 6.29 Å². The highest BCUT2D eigenvalue weighted by atomic mass is 16.5. The first kappa shape index (κ1) is 20.5. The average Bonchev–Trinajstić information content (AvgIpc) is 2.20. The lowest BCUT2D eigenvalue weighted by molar-refractivity contribution is -0.131. The summed E-state index contributed by atoms with van der Waals surface area (Å²) in [4.78, 5) is 9.25. The zero-order valence-corrected chi connectivity index (χ0v) is 10.3. The molecule has 16 heavy (non-hydrogen) atoms. The van der Waals surface area contributed by atoms with E-state index in [1.165, 1.54) is 0 Å². The van der Waals surface area contributed by atoms with Crippen molar-refractivity contribution in [3.63, 3.8) is 0 Å². The van der Waals surface area contributed by atoms with Gasteiger partial charge >= 0.3 is 5.97 Å². The predicted molar refractivity (Wildman–Crippen MR) is 63.1 cm³/mol. The van der Waals surface area contributed by atoms with Crippen molar-refractivity contribution in [2.45, 2.75) is 38.9 Å². The number of hydrogen-bond donors (Lipinski definition) is 3. The van der Waals surface area contributed by atoms with Crippen LogP contribution in [0.2, 0.25) is 0 Å². The lowest BCUT2D eigenvalue weighted by atomic mass is 10.2. The van der Waals surface area contributed by atoms with E-state index < -0.39 is 12.3 Å². The van der Waals surface area contributed by atoms with Crippen LogP contribution in [-0.4, -0.2) is 41.8 Å². The maximum Gasteiger partial charge on any atom is 0.327 e. The molecule has 5 heteroatoms. The Morgan fingerprint density at radius 1 is 1.38 bits per heavy atom. The number of carbonyl (C=O) groups is 1. The smallest absolute Gasteiger partial charge is 0.327 e. The number of aliphatic hydroxyl groups excluding tert-OH is 1. The Morgan fingerprint density at radius 3 is 1.94 bits per heavy atom. The van der Waals surface area contributed by atoms with E-state index in [2.05, 4.69) is 18.2 Å². The molecule has 0 saturated carbocycles. The van der Waals surface area contributed by atoms with Gasteiger partial charge in [0.05, 0.1) is 0 Å². The van der Waals surface area contributed by atoms with Crippen molar-refractivity contribution in [1.82, 2.24) is 0 Å². The van der Waals surface area contributed by atoms with Crippen molar-refractivity contribution in [2.24, 2.45) is 0 Å². The van der Waals surface area contributed by atoms with Crippen LogP contribution in [0.25, 0.3) is 0 Å². The summed E-state index contributed by atoms with van der Waals surface area (Å²) in [5, 5.41) is 24.3. The van der Waals surface area contributed by atoms with Gasteiger partial charge < -0.3 is 20.1 Å². The quantitative estimate of drug-likeness (QED) is 0.381. The Labute approximate surface area is 97.4 Å². The zero-order valence-electron chi connectivity index (χ0n) is 10.3. The fourth-order valence-electron chi connectivity index (χ4n) is 0.577. The minimum atomic E-state index is -1.10. The molecule has 0 rings (SSSR count). The van der Waals surface area contributed by atoms with Crippen molar-refractivity contribution in [2.75, 3.05) is 14.2 Å². The van der Waals surface area contributed by atoms with Gasteiger partial charge in [-0.1, -0.05) is 26.3 Å². The summed E-state index contributed by atoms with van der Waals surface area (Å²) in [6.45, 7) is 5.05. The van der Waals surface area contributed by atoms with E-state index in [0.29, 0.717) is 6.42 Å². The minimum absolute atomic E-state index is 0.522. The molecule has 0 atom stereocenters. The molecule has 0 unspecified atom stereocenters. The Kier molecular flexibility index (Phi) is 25.1. The lowest BCUT2D eigenvalue weighted by Crippen LogP contribution is -2.02. The van der Waals surface area contributed by atoms with E-state index in [0.717, 1.165) is 25.3 Å². The molecule has 0 aromatic heterocycles. The molecular weight excluding hydrogens is 212 g/mol. The molecule has 0 aromatic rings. The topological polar surface area (TPSA) is 87.0 Å². The van der Waals surface area contributed by atoms with E-state index in [9.17, 15) is 4.79 Å². The summed E-state index contributed by atoms with van der Waals surface area (Å²) < 4.78 is 4.25. The van der Waals surface area contributed by atoms with Crippen molar-refractivity contribution in [3.8, 4) is 0 Å². The number of carboxylic acids is 1. The number of methoxy groups -OCH3 is 1. The standard InChI is InChI=1S/C6H14O2.C3H4O2.C2H6O/c1-2-3-4-5-6(7)8;1-2-3(4)5;1-3-2/h6-8H,2-5H2,1H3;2H,1H2,(H,4,5);1-2H3. The molecule has 0 aliphatic heterocycles. The SMILES string of the molecule is C=CC(=O)O.CCCCCC(O)O.COC. The van der Waals surface area contributed by atoms with Gasteiger partial charge in [-0.3, -0.25) is 0 Å². The summed E-state index contributed by atoms with van der Waals surface area (Å²) in [6, 6.07) is 0. The summed E-state index contributed by atoms with van der Waals surface area (Å²) in [7, 11) is 3.25. The van der Waals surface area contributed by atoms with Crippen LogP contribution in [0.3, 0.4) is 0 Å². The number of aliphatic carboxylic acids is 1. The lowest BCUT2D eigenvalue weighted by Gasteiger charge is -1.99. The van der Waals surface area contributed by atoms with Crippen molar-refractivity contribution in [3.05, 3.63) is 12.7 Å². The summed E-state index contributed by atoms with van der Waals surface area (Å²) in [5.74, 6) is -0.981. The van der Waals surface area contributed by atoms with Crippen molar-refractivity contribution < 1.29 is 24.9 Å². The average molecular weight is 236 g/mol. The van der Waals surface area contributed by atoms with Crippen LogP contribution < -0.4 is 0 Å². The highest BCUT2D eigenvalue weighted by Crippen LogP contribution is 1.99. The molecule has 98 valence electrons. The normalized spacial score (nSPS) is 8.38. The predicted octanol–water partition coefficient (Wildman–Crippen LogP) is 1.40. The van der Waals surface area contributed by atoms with Gasteiger partial charge in [0, 0.05) is 20.3 Å². The highest BCUT2D eigenvalue weighted by molar-refractivity contribution is 5.78. The molecule has 5 nitrogen and oxygen atoms in total. The molecular formula is C11H24O5. The van der Waals surface area contributed by atoms with Gasteiger partial charge in [-0.05, 0) is 12.8 Å². The van der Waals surface area contributed by atoms with Gasteiger partial charge in [-0.15, -0.1) is 0 Å². The maximum absolute atomic E-state index is 9.25. The molecule has 0 amide bonds. The van der Waals surface area contributed by atoms with Gasteiger partial charge in [-0.25, -0.2) is 4.79 Å². The number of carboxylic acid groups (broad SMARTS) is 1. The monoisotopic (exact) mass is 236 g/mol. The molecule has 3 N–H and O–H groups in total. The van der Waals surface area contributed by atoms with Gasteiger partial charge in [-0.2, -0.15) is 0 Å². The van der Waals surface area contributed by atoms with Crippen LogP contribution >= 0.6 is 0 Å². The molecule has 0 heterocycles. The molecule has 0 saturated heterocycles. The zero-order chi connectivity index (χ0) is 13.4. The van der Waals surface area contributed by atoms with Gasteiger partial charge in [0.1, 0.15) is 0 Å². The molecule has 0 fully saturated rings. The first-order valence-corrected chi connectivity index (χ1v) is 5.07. The molecule has 0 aliphatic rings. The Hall–Kier alpha value is -0.910. The second-order valence-electron chi connectivity index (χ2n) is 2.93. The second-order valence-corrected chi connectivity index (χ2v) is 2.93. The Bertz CT molecular complexity index is 145. The molecule has 0 radical (unpaired) electrons. The number of ether oxygens (including phenoxy) is 1. The highest BCUT2D eigenvalue weighted by Gasteiger charge is 1.93. The molecule has 0 aromatic carbocycles. The molecule has 0 bridgehead atoms. The minimum Gasteiger partial charge on any atom is -0.478 e. The third kappa shape index (κ3) is 51.6. The van der Waals surface area contributed by atoms with E-state index >= 15 is 0 Å². The van der Waals surface area contributed by atoms with Crippen LogP contribution in [0, 0.1) is 0 Å². The van der Waals surface area contributed by atoms with Gasteiger partial charge in [0.2, 0.25) is 0 Å². The van der Waals surface area contributed by atoms with Crippen molar-refractivity contribution in [1.29, 1.82) is 0 Å². The second kappa shape index (κ2) is 19.6. The Morgan fingerprint density at radius 2 is 1.75 bits per heavy atom. The number of aliphatic hydroxyl groups is 2. The maximum atomic E-state index is 9.25. The Balaban J connectivity index is -0.000000181. The van der Waals surface area contributed by atoms with Gasteiger partial charge in [0.25, 0.3) is 0 Å². The summed E-state index contributed by atoms with van der Waals surface area (Å²) >= 11 is 0. The number of unbranched alkanes of at least 4 members (excludes halogenated alkanes) is 2. The third-order valence-corrected chi connectivity index (χ3v) is 1.24. The van der Waals surface area contributed by atoms with E-state index in [1.54, 1.807) is 14.2 Å². The van der Waals surface area contributed by atoms with Crippen LogP contribution in [0.5, 0.6) is 0 Å². The fraction of sp³-hybridized carbons (Fsp3) is 0.727. The van der Waals surface area contributed by atoms with E-state index in [4.69, 9.17) is 15.3 Å². The fourth-order valence-corrected chi connectivity index (χ4v) is 0.577. The summed E-state index contributed by atoms with van der Waals surface area (Å²) in [5.41, 5.74) is 0. The van der Waals surface area contributed by atoms with Crippen molar-refractivity contribution >= 4 is 5.97 Å². The largest absolute Gasteiger partial charge is 0.478 e. The summed E-state index contributed by atoms with van der Waals surface area (Å²) in [6.07, 6.45) is 3.41. The van der Waals surface area contributed by atoms with E-state index in [1.807, 2.05) is 0 Å². The molecule has 0 aliphatic carbocycles. The molecule has 0 spiro atoms. The van der Waals surface area contributed by atoms with E-state index in [-0.39, 0.29) is 0 Å². The first-order chi connectivity index (χ1) is 7.45. The first-order valence-electron chi connectivity index (χ1n) is 5.07. The van der Waals surface area contributed by atoms with Crippen LogP contribution in [-0.2, 0) is 9.53 Å². The number of hydrogen-bond acceptors (Lipinski definition) is 4. The van der Waals surface area contributed by atoms with Crippen LogP contribution in [0.4, 0.5) is 0 Å².